The van der Waals surface area contributed by atoms with Gasteiger partial charge in [0, 0.05) is 7.11 Å². The number of aliphatic hydroxyl groups is 1. The van der Waals surface area contributed by atoms with Crippen molar-refractivity contribution in [1.82, 2.24) is 0 Å². The molecule has 0 aromatic heterocycles. The molecule has 0 fully saturated rings. The van der Waals surface area contributed by atoms with Crippen LogP contribution in [0.5, 0.6) is 5.75 Å². The topological polar surface area (TPSA) is 62.5 Å². The van der Waals surface area contributed by atoms with Crippen molar-refractivity contribution in [3.05, 3.63) is 29.8 Å². The van der Waals surface area contributed by atoms with Crippen molar-refractivity contribution in [2.75, 3.05) is 20.3 Å². The average Bonchev–Trinajstić information content (AvgIpc) is 2.27. The number of rotatable bonds is 5. The van der Waals surface area contributed by atoms with E-state index in [1.54, 1.807) is 24.3 Å². The van der Waals surface area contributed by atoms with Crippen LogP contribution in [-0.4, -0.2) is 31.5 Å². The van der Waals surface area contributed by atoms with Crippen molar-refractivity contribution in [1.29, 1.82) is 5.26 Å². The Balaban J connectivity index is 2.41. The number of ether oxygens (including phenoxy) is 2. The van der Waals surface area contributed by atoms with E-state index in [2.05, 4.69) is 0 Å². The number of nitrogens with zero attached hydrogens (tertiary/aromatic N) is 1. The van der Waals surface area contributed by atoms with Crippen LogP contribution in [0.3, 0.4) is 0 Å². The first kappa shape index (κ1) is 11.5. The van der Waals surface area contributed by atoms with Crippen molar-refractivity contribution < 1.29 is 14.6 Å². The molecule has 4 nitrogen and oxygen atoms in total. The van der Waals surface area contributed by atoms with E-state index in [9.17, 15) is 5.11 Å². The first-order valence-corrected chi connectivity index (χ1v) is 4.56. The third-order valence-electron chi connectivity index (χ3n) is 1.78. The predicted octanol–water partition coefficient (Wildman–Crippen LogP) is 0.944. The van der Waals surface area contributed by atoms with Crippen LogP contribution >= 0.6 is 0 Å². The second kappa shape index (κ2) is 6.02. The molecule has 0 saturated heterocycles. The second-order valence-corrected chi connectivity index (χ2v) is 3.06. The Labute approximate surface area is 88.7 Å². The molecule has 4 heteroatoms. The number of hydrogen-bond donors (Lipinski definition) is 1. The van der Waals surface area contributed by atoms with Crippen LogP contribution in [0.1, 0.15) is 5.56 Å². The van der Waals surface area contributed by atoms with E-state index in [-0.39, 0.29) is 13.2 Å². The predicted molar refractivity (Wildman–Crippen MR) is 54.5 cm³/mol. The molecule has 15 heavy (non-hydrogen) atoms. The van der Waals surface area contributed by atoms with Crippen molar-refractivity contribution >= 4 is 0 Å². The van der Waals surface area contributed by atoms with Gasteiger partial charge < -0.3 is 14.6 Å². The molecule has 0 bridgehead atoms. The van der Waals surface area contributed by atoms with Gasteiger partial charge in [-0.25, -0.2) is 0 Å². The molecule has 0 amide bonds. The van der Waals surface area contributed by atoms with Crippen molar-refractivity contribution in [2.45, 2.75) is 6.10 Å². The Hall–Kier alpha value is -1.57. The highest BCUT2D eigenvalue weighted by molar-refractivity contribution is 5.34. The molecule has 1 N–H and O–H groups in total. The third-order valence-corrected chi connectivity index (χ3v) is 1.78. The van der Waals surface area contributed by atoms with E-state index in [4.69, 9.17) is 14.7 Å². The van der Waals surface area contributed by atoms with Crippen LogP contribution in [-0.2, 0) is 4.74 Å². The summed E-state index contributed by atoms with van der Waals surface area (Å²) in [7, 11) is 1.52. The van der Waals surface area contributed by atoms with Gasteiger partial charge in [-0.05, 0) is 24.3 Å². The summed E-state index contributed by atoms with van der Waals surface area (Å²) in [5, 5.41) is 17.9. The maximum atomic E-state index is 9.31. The van der Waals surface area contributed by atoms with E-state index in [0.29, 0.717) is 11.3 Å². The Bertz CT molecular complexity index is 329. The zero-order valence-corrected chi connectivity index (χ0v) is 8.51. The van der Waals surface area contributed by atoms with Gasteiger partial charge in [-0.15, -0.1) is 0 Å². The normalized spacial score (nSPS) is 11.8. The summed E-state index contributed by atoms with van der Waals surface area (Å²) in [6.07, 6.45) is -0.634. The highest BCUT2D eigenvalue weighted by Crippen LogP contribution is 2.11. The quantitative estimate of drug-likeness (QED) is 0.780. The molecule has 0 saturated carbocycles. The molecule has 0 aliphatic heterocycles. The minimum atomic E-state index is -0.634. The fourth-order valence-electron chi connectivity index (χ4n) is 1.06. The van der Waals surface area contributed by atoms with Gasteiger partial charge in [0.05, 0.1) is 18.2 Å². The highest BCUT2D eigenvalue weighted by atomic mass is 16.5. The van der Waals surface area contributed by atoms with E-state index in [0.717, 1.165) is 0 Å². The number of aliphatic hydroxyl groups excluding tert-OH is 1. The van der Waals surface area contributed by atoms with Crippen LogP contribution in [0, 0.1) is 11.3 Å². The minimum Gasteiger partial charge on any atom is -0.491 e. The molecule has 1 unspecified atom stereocenters. The Morgan fingerprint density at radius 1 is 1.33 bits per heavy atom. The van der Waals surface area contributed by atoms with Crippen molar-refractivity contribution in [3.63, 3.8) is 0 Å². The van der Waals surface area contributed by atoms with Crippen LogP contribution < -0.4 is 4.74 Å². The summed E-state index contributed by atoms with van der Waals surface area (Å²) in [4.78, 5) is 0. The Kier molecular flexibility index (Phi) is 4.61. The van der Waals surface area contributed by atoms with Crippen LogP contribution in [0.15, 0.2) is 24.3 Å². The molecule has 80 valence electrons. The maximum Gasteiger partial charge on any atom is 0.119 e. The number of benzene rings is 1. The summed E-state index contributed by atoms with van der Waals surface area (Å²) in [5.74, 6) is 0.629. The third kappa shape index (κ3) is 3.98. The van der Waals surface area contributed by atoms with Gasteiger partial charge in [-0.2, -0.15) is 5.26 Å². The molecule has 0 spiro atoms. The molecule has 1 rings (SSSR count). The summed E-state index contributed by atoms with van der Waals surface area (Å²) < 4.78 is 10.0. The summed E-state index contributed by atoms with van der Waals surface area (Å²) in [6.45, 7) is 0.427. The first-order chi connectivity index (χ1) is 7.26. The van der Waals surface area contributed by atoms with Gasteiger partial charge in [-0.3, -0.25) is 0 Å². The molecule has 1 atom stereocenters. The lowest BCUT2D eigenvalue weighted by atomic mass is 10.2. The molecule has 1 aromatic rings. The smallest absolute Gasteiger partial charge is 0.119 e. The fraction of sp³-hybridized carbons (Fsp3) is 0.364. The van der Waals surface area contributed by atoms with E-state index in [1.165, 1.54) is 7.11 Å². The minimum absolute atomic E-state index is 0.180. The standard InChI is InChI=1S/C11H13NO3/c1-14-7-10(13)8-15-11-4-2-9(6-12)3-5-11/h2-5,10,13H,7-8H2,1H3. The van der Waals surface area contributed by atoms with Gasteiger partial charge in [0.2, 0.25) is 0 Å². The summed E-state index contributed by atoms with van der Waals surface area (Å²) in [6, 6.07) is 8.73. The monoisotopic (exact) mass is 207 g/mol. The summed E-state index contributed by atoms with van der Waals surface area (Å²) in [5.41, 5.74) is 0.583. The lowest BCUT2D eigenvalue weighted by Gasteiger charge is -2.11. The molecular weight excluding hydrogens is 194 g/mol. The average molecular weight is 207 g/mol. The van der Waals surface area contributed by atoms with Gasteiger partial charge in [0.25, 0.3) is 0 Å². The molecule has 0 aliphatic rings. The van der Waals surface area contributed by atoms with Gasteiger partial charge in [0.15, 0.2) is 0 Å². The van der Waals surface area contributed by atoms with Gasteiger partial charge in [0.1, 0.15) is 18.5 Å². The van der Waals surface area contributed by atoms with E-state index in [1.807, 2.05) is 6.07 Å². The SMILES string of the molecule is COCC(O)COc1ccc(C#N)cc1. The Morgan fingerprint density at radius 2 is 2.00 bits per heavy atom. The molecule has 0 radical (unpaired) electrons. The largest absolute Gasteiger partial charge is 0.491 e. The van der Waals surface area contributed by atoms with Crippen LogP contribution in [0.4, 0.5) is 0 Å². The van der Waals surface area contributed by atoms with E-state index < -0.39 is 6.10 Å². The Morgan fingerprint density at radius 3 is 2.53 bits per heavy atom. The highest BCUT2D eigenvalue weighted by Gasteiger charge is 2.03. The molecule has 1 aromatic carbocycles. The van der Waals surface area contributed by atoms with E-state index >= 15 is 0 Å². The molecular formula is C11H13NO3. The number of hydrogen-bond acceptors (Lipinski definition) is 4. The van der Waals surface area contributed by atoms with Gasteiger partial charge in [-0.1, -0.05) is 0 Å². The van der Waals surface area contributed by atoms with Crippen LogP contribution in [0.2, 0.25) is 0 Å². The first-order valence-electron chi connectivity index (χ1n) is 4.56. The molecule has 0 aliphatic carbocycles. The maximum absolute atomic E-state index is 9.31. The van der Waals surface area contributed by atoms with Crippen molar-refractivity contribution in [2.24, 2.45) is 0 Å². The van der Waals surface area contributed by atoms with Crippen LogP contribution in [0.25, 0.3) is 0 Å². The lowest BCUT2D eigenvalue weighted by Crippen LogP contribution is -2.22. The zero-order chi connectivity index (χ0) is 11.1. The molecule has 0 heterocycles. The number of methoxy groups -OCH3 is 1. The van der Waals surface area contributed by atoms with Crippen molar-refractivity contribution in [3.8, 4) is 11.8 Å². The lowest BCUT2D eigenvalue weighted by molar-refractivity contribution is 0.0325. The number of nitriles is 1. The second-order valence-electron chi connectivity index (χ2n) is 3.06. The zero-order valence-electron chi connectivity index (χ0n) is 8.51. The van der Waals surface area contributed by atoms with Gasteiger partial charge >= 0.3 is 0 Å². The summed E-state index contributed by atoms with van der Waals surface area (Å²) >= 11 is 0. The fourth-order valence-corrected chi connectivity index (χ4v) is 1.06.